The molecule has 3 heterocycles. The van der Waals surface area contributed by atoms with Gasteiger partial charge < -0.3 is 9.47 Å². The standard InChI is InChI=1S/C18H14N4O2S/c25-18-19-13-5-2-1-4-12(13)17-20-16(21-22(17)18)11-6-7-14-15(10-11)24-9-3-8-23-14/h1-2,4-7,10H,3,8-9H2,(H,20,21). The number of rotatable bonds is 1. The second-order valence-corrected chi connectivity index (χ2v) is 6.22. The van der Waals surface area contributed by atoms with Crippen molar-refractivity contribution in [3.05, 3.63) is 47.2 Å². The van der Waals surface area contributed by atoms with Crippen LogP contribution >= 0.6 is 12.2 Å². The van der Waals surface area contributed by atoms with E-state index in [9.17, 15) is 0 Å². The molecule has 124 valence electrons. The highest BCUT2D eigenvalue weighted by molar-refractivity contribution is 7.71. The molecule has 0 aliphatic carbocycles. The van der Waals surface area contributed by atoms with Crippen LogP contribution in [0.2, 0.25) is 0 Å². The van der Waals surface area contributed by atoms with Gasteiger partial charge in [0.2, 0.25) is 4.77 Å². The monoisotopic (exact) mass is 350 g/mol. The Morgan fingerprint density at radius 2 is 1.84 bits per heavy atom. The summed E-state index contributed by atoms with van der Waals surface area (Å²) < 4.78 is 13.6. The van der Waals surface area contributed by atoms with Crippen LogP contribution in [0.4, 0.5) is 0 Å². The number of fused-ring (bicyclic) bond motifs is 4. The van der Waals surface area contributed by atoms with E-state index in [1.807, 2.05) is 42.5 Å². The van der Waals surface area contributed by atoms with Crippen LogP contribution in [0.15, 0.2) is 42.5 Å². The summed E-state index contributed by atoms with van der Waals surface area (Å²) in [5, 5.41) is 4.19. The average molecular weight is 350 g/mol. The number of H-pyrrole nitrogens is 1. The third-order valence-electron chi connectivity index (χ3n) is 4.22. The third kappa shape index (κ3) is 2.35. The maximum absolute atomic E-state index is 5.77. The van der Waals surface area contributed by atoms with E-state index in [2.05, 4.69) is 10.1 Å². The zero-order valence-corrected chi connectivity index (χ0v) is 14.0. The molecule has 0 atom stereocenters. The molecule has 0 bridgehead atoms. The largest absolute Gasteiger partial charge is 0.490 e. The van der Waals surface area contributed by atoms with Crippen molar-refractivity contribution in [1.29, 1.82) is 0 Å². The number of hydrogen-bond donors (Lipinski definition) is 1. The summed E-state index contributed by atoms with van der Waals surface area (Å²) >= 11 is 5.40. The molecule has 0 unspecified atom stereocenters. The van der Waals surface area contributed by atoms with Crippen molar-refractivity contribution in [3.63, 3.8) is 0 Å². The van der Waals surface area contributed by atoms with Crippen molar-refractivity contribution in [2.75, 3.05) is 13.2 Å². The fourth-order valence-electron chi connectivity index (χ4n) is 3.01. The normalized spacial score (nSPS) is 13.9. The van der Waals surface area contributed by atoms with Crippen molar-refractivity contribution in [3.8, 4) is 22.9 Å². The van der Waals surface area contributed by atoms with Gasteiger partial charge in [-0.05, 0) is 42.5 Å². The SMILES string of the molecule is S=c1nc2ccccc2c2nc(-c3ccc4c(c3)OCCCO4)[nH]n12. The first-order valence-electron chi connectivity index (χ1n) is 8.07. The summed E-state index contributed by atoms with van der Waals surface area (Å²) in [5.41, 5.74) is 2.51. The van der Waals surface area contributed by atoms with Gasteiger partial charge in [-0.2, -0.15) is 0 Å². The third-order valence-corrected chi connectivity index (χ3v) is 4.49. The summed E-state index contributed by atoms with van der Waals surface area (Å²) in [6.45, 7) is 1.32. The number of nitrogens with zero attached hydrogens (tertiary/aromatic N) is 3. The minimum atomic E-state index is 0.446. The lowest BCUT2D eigenvalue weighted by Crippen LogP contribution is -1.97. The van der Waals surface area contributed by atoms with Crippen LogP contribution in [0.5, 0.6) is 11.5 Å². The Bertz CT molecular complexity index is 1160. The summed E-state index contributed by atoms with van der Waals surface area (Å²) in [6.07, 6.45) is 0.876. The first kappa shape index (κ1) is 14.4. The van der Waals surface area contributed by atoms with Gasteiger partial charge in [0.25, 0.3) is 0 Å². The minimum absolute atomic E-state index is 0.446. The Labute approximate surface area is 148 Å². The van der Waals surface area contributed by atoms with E-state index >= 15 is 0 Å². The van der Waals surface area contributed by atoms with E-state index in [-0.39, 0.29) is 0 Å². The maximum atomic E-state index is 5.77. The Kier molecular flexibility index (Phi) is 3.21. The highest BCUT2D eigenvalue weighted by Crippen LogP contribution is 2.33. The number of hydrogen-bond acceptors (Lipinski definition) is 5. The molecule has 0 fully saturated rings. The zero-order valence-electron chi connectivity index (χ0n) is 13.2. The van der Waals surface area contributed by atoms with E-state index in [1.165, 1.54) is 0 Å². The van der Waals surface area contributed by atoms with Gasteiger partial charge in [-0.3, -0.25) is 5.10 Å². The number of aromatic amines is 1. The predicted octanol–water partition coefficient (Wildman–Crippen LogP) is 3.77. The van der Waals surface area contributed by atoms with Crippen molar-refractivity contribution < 1.29 is 9.47 Å². The second kappa shape index (κ2) is 5.56. The summed E-state index contributed by atoms with van der Waals surface area (Å²) in [4.78, 5) is 9.20. The number of ether oxygens (including phenoxy) is 2. The van der Waals surface area contributed by atoms with Gasteiger partial charge in [-0.25, -0.2) is 14.5 Å². The zero-order chi connectivity index (χ0) is 16.8. The fraction of sp³-hybridized carbons (Fsp3) is 0.167. The topological polar surface area (TPSA) is 64.4 Å². The number of nitrogens with one attached hydrogen (secondary N) is 1. The van der Waals surface area contributed by atoms with Crippen molar-refractivity contribution in [1.82, 2.24) is 19.6 Å². The van der Waals surface area contributed by atoms with E-state index in [0.717, 1.165) is 40.0 Å². The van der Waals surface area contributed by atoms with Gasteiger partial charge in [0.05, 0.1) is 18.7 Å². The van der Waals surface area contributed by atoms with Crippen LogP contribution in [-0.2, 0) is 0 Å². The smallest absolute Gasteiger partial charge is 0.221 e. The van der Waals surface area contributed by atoms with Gasteiger partial charge in [0.1, 0.15) is 0 Å². The van der Waals surface area contributed by atoms with Crippen LogP contribution in [-0.4, -0.2) is 32.8 Å². The quantitative estimate of drug-likeness (QED) is 0.530. The minimum Gasteiger partial charge on any atom is -0.490 e. The number of aromatic nitrogens is 4. The van der Waals surface area contributed by atoms with Crippen LogP contribution in [0.1, 0.15) is 6.42 Å². The lowest BCUT2D eigenvalue weighted by molar-refractivity contribution is 0.297. The first-order valence-corrected chi connectivity index (χ1v) is 8.48. The molecule has 0 amide bonds. The molecule has 25 heavy (non-hydrogen) atoms. The molecule has 2 aromatic carbocycles. The van der Waals surface area contributed by atoms with Gasteiger partial charge in [-0.15, -0.1) is 0 Å². The molecule has 0 saturated carbocycles. The summed E-state index contributed by atoms with van der Waals surface area (Å²) in [6, 6.07) is 13.7. The van der Waals surface area contributed by atoms with Crippen LogP contribution < -0.4 is 9.47 Å². The highest BCUT2D eigenvalue weighted by atomic mass is 32.1. The van der Waals surface area contributed by atoms with Crippen LogP contribution in [0.25, 0.3) is 27.9 Å². The second-order valence-electron chi connectivity index (χ2n) is 5.85. The molecule has 0 radical (unpaired) electrons. The summed E-state index contributed by atoms with van der Waals surface area (Å²) in [5.74, 6) is 2.21. The molecule has 2 aromatic heterocycles. The van der Waals surface area contributed by atoms with Crippen molar-refractivity contribution in [2.45, 2.75) is 6.42 Å². The molecular formula is C18H14N4O2S. The average Bonchev–Trinajstić information content (AvgIpc) is 2.96. The van der Waals surface area contributed by atoms with Gasteiger partial charge in [-0.1, -0.05) is 12.1 Å². The highest BCUT2D eigenvalue weighted by Gasteiger charge is 2.14. The maximum Gasteiger partial charge on any atom is 0.221 e. The Hall–Kier alpha value is -2.93. The number of benzene rings is 2. The van der Waals surface area contributed by atoms with E-state index < -0.39 is 0 Å². The molecular weight excluding hydrogens is 336 g/mol. The Balaban J connectivity index is 1.71. The molecule has 1 aliphatic rings. The predicted molar refractivity (Wildman–Crippen MR) is 96.7 cm³/mol. The van der Waals surface area contributed by atoms with Gasteiger partial charge in [0.15, 0.2) is 23.0 Å². The lowest BCUT2D eigenvalue weighted by atomic mass is 10.2. The molecule has 1 aliphatic heterocycles. The molecule has 4 aromatic rings. The first-order chi connectivity index (χ1) is 12.3. The Morgan fingerprint density at radius 3 is 2.76 bits per heavy atom. The molecule has 5 rings (SSSR count). The van der Waals surface area contributed by atoms with Crippen molar-refractivity contribution in [2.24, 2.45) is 0 Å². The molecule has 1 N–H and O–H groups in total. The Morgan fingerprint density at radius 1 is 1.00 bits per heavy atom. The molecule has 6 nitrogen and oxygen atoms in total. The number of para-hydroxylation sites is 1. The molecule has 0 saturated heterocycles. The van der Waals surface area contributed by atoms with Gasteiger partial charge >= 0.3 is 0 Å². The fourth-order valence-corrected chi connectivity index (χ4v) is 3.24. The van der Waals surface area contributed by atoms with Crippen molar-refractivity contribution >= 4 is 28.8 Å². The van der Waals surface area contributed by atoms with E-state index in [1.54, 1.807) is 4.52 Å². The van der Waals surface area contributed by atoms with Crippen LogP contribution in [0.3, 0.4) is 0 Å². The van der Waals surface area contributed by atoms with E-state index in [4.69, 9.17) is 26.7 Å². The van der Waals surface area contributed by atoms with Gasteiger partial charge in [0, 0.05) is 17.4 Å². The molecule has 7 heteroatoms. The van der Waals surface area contributed by atoms with E-state index in [0.29, 0.717) is 23.8 Å². The summed E-state index contributed by atoms with van der Waals surface area (Å²) in [7, 11) is 0. The van der Waals surface area contributed by atoms with Crippen LogP contribution in [0, 0.1) is 4.77 Å². The molecule has 0 spiro atoms. The lowest BCUT2D eigenvalue weighted by Gasteiger charge is -2.07.